The second-order valence-corrected chi connectivity index (χ2v) is 14.6. The van der Waals surface area contributed by atoms with Crippen LogP contribution in [0.3, 0.4) is 0 Å². The molecular formula is C33H37ClN6O4S. The van der Waals surface area contributed by atoms with Crippen LogP contribution < -0.4 is 10.9 Å². The molecule has 0 radical (unpaired) electrons. The SMILES string of the molecule is CC(=O)c1c(C)c2cnc(Nc3ccc(C4CCN(CCS(=O)(=O)c5ccc(Cl)cc5)CC4)cn3)nc2n(C2CCCC2)c1=O. The van der Waals surface area contributed by atoms with Gasteiger partial charge in [-0.05, 0) is 100.0 Å². The Balaban J connectivity index is 1.11. The van der Waals surface area contributed by atoms with Gasteiger partial charge in [0.1, 0.15) is 11.5 Å². The van der Waals surface area contributed by atoms with E-state index in [1.54, 1.807) is 42.0 Å². The number of fused-ring (bicyclic) bond motifs is 1. The number of hydrogen-bond donors (Lipinski definition) is 1. The minimum absolute atomic E-state index is 0.0122. The summed E-state index contributed by atoms with van der Waals surface area (Å²) in [7, 11) is -3.36. The number of pyridine rings is 2. The van der Waals surface area contributed by atoms with E-state index >= 15 is 0 Å². The van der Waals surface area contributed by atoms with Crippen LogP contribution in [0.1, 0.15) is 78.9 Å². The molecule has 10 nitrogen and oxygen atoms in total. The maximum atomic E-state index is 13.5. The van der Waals surface area contributed by atoms with Crippen LogP contribution in [-0.2, 0) is 9.84 Å². The number of aryl methyl sites for hydroxylation is 1. The Morgan fingerprint density at radius 2 is 1.71 bits per heavy atom. The van der Waals surface area contributed by atoms with Gasteiger partial charge < -0.3 is 10.2 Å². The van der Waals surface area contributed by atoms with Crippen LogP contribution in [0.15, 0.2) is 58.5 Å². The van der Waals surface area contributed by atoms with E-state index in [1.807, 2.05) is 12.3 Å². The summed E-state index contributed by atoms with van der Waals surface area (Å²) in [5, 5.41) is 4.41. The third-order valence-electron chi connectivity index (χ3n) is 9.18. The molecule has 3 aromatic heterocycles. The van der Waals surface area contributed by atoms with Gasteiger partial charge in [-0.1, -0.05) is 30.5 Å². The van der Waals surface area contributed by atoms with Crippen LogP contribution in [0.5, 0.6) is 0 Å². The van der Waals surface area contributed by atoms with Crippen molar-refractivity contribution >= 4 is 50.0 Å². The summed E-state index contributed by atoms with van der Waals surface area (Å²) in [6, 6.07) is 10.3. The summed E-state index contributed by atoms with van der Waals surface area (Å²) in [5.41, 5.74) is 2.22. The van der Waals surface area contributed by atoms with Crippen LogP contribution in [0.4, 0.5) is 11.8 Å². The number of nitrogens with zero attached hydrogens (tertiary/aromatic N) is 5. The maximum absolute atomic E-state index is 13.5. The third-order valence-corrected chi connectivity index (χ3v) is 11.1. The Kier molecular flexibility index (Phi) is 9.03. The smallest absolute Gasteiger partial charge is 0.263 e. The van der Waals surface area contributed by atoms with Crippen LogP contribution in [-0.4, -0.2) is 64.0 Å². The maximum Gasteiger partial charge on any atom is 0.263 e. The highest BCUT2D eigenvalue weighted by Crippen LogP contribution is 2.32. The summed E-state index contributed by atoms with van der Waals surface area (Å²) < 4.78 is 27.2. The number of anilines is 2. The molecule has 1 aliphatic heterocycles. The molecule has 12 heteroatoms. The van der Waals surface area contributed by atoms with Gasteiger partial charge in [0.05, 0.1) is 16.2 Å². The molecule has 2 aliphatic rings. The van der Waals surface area contributed by atoms with E-state index in [4.69, 9.17) is 16.6 Å². The van der Waals surface area contributed by atoms with Crippen LogP contribution in [0.25, 0.3) is 11.0 Å². The van der Waals surface area contributed by atoms with Gasteiger partial charge in [0.25, 0.3) is 5.56 Å². The van der Waals surface area contributed by atoms with Crippen molar-refractivity contribution in [2.24, 2.45) is 0 Å². The molecule has 0 bridgehead atoms. The van der Waals surface area contributed by atoms with E-state index in [0.29, 0.717) is 50.7 Å². The summed E-state index contributed by atoms with van der Waals surface area (Å²) in [5.74, 6) is 1.10. The lowest BCUT2D eigenvalue weighted by atomic mass is 9.90. The number of benzene rings is 1. The molecule has 0 unspecified atom stereocenters. The topological polar surface area (TPSA) is 127 Å². The minimum atomic E-state index is -3.36. The van der Waals surface area contributed by atoms with Crippen molar-refractivity contribution in [1.82, 2.24) is 24.4 Å². The number of ketones is 1. The highest BCUT2D eigenvalue weighted by atomic mass is 35.5. The second kappa shape index (κ2) is 13.0. The number of nitrogens with one attached hydrogen (secondary N) is 1. The molecule has 1 N–H and O–H groups in total. The summed E-state index contributed by atoms with van der Waals surface area (Å²) in [6.45, 7) is 5.35. The Hall–Kier alpha value is -3.67. The summed E-state index contributed by atoms with van der Waals surface area (Å²) >= 11 is 5.90. The molecule has 1 aliphatic carbocycles. The van der Waals surface area contributed by atoms with Crippen LogP contribution in [0.2, 0.25) is 5.02 Å². The number of piperidine rings is 1. The molecule has 6 rings (SSSR count). The normalized spacial score (nSPS) is 16.8. The van der Waals surface area contributed by atoms with Gasteiger partial charge in [-0.15, -0.1) is 0 Å². The lowest BCUT2D eigenvalue weighted by Gasteiger charge is -2.32. The number of rotatable bonds is 9. The average molecular weight is 649 g/mol. The van der Waals surface area contributed by atoms with E-state index in [9.17, 15) is 18.0 Å². The van der Waals surface area contributed by atoms with Crippen molar-refractivity contribution in [3.8, 4) is 0 Å². The molecular weight excluding hydrogens is 612 g/mol. The standard InChI is InChI=1S/C33H37ClN6O4S/c1-21-28-20-36-33(38-31(28)40(26-5-3-4-6-26)32(42)30(21)22(2)41)37-29-12-7-24(19-35-29)23-13-15-39(16-14-23)17-18-45(43,44)27-10-8-25(34)9-11-27/h7-12,19-20,23,26H,3-6,13-18H2,1-2H3,(H,35,36,37,38). The average Bonchev–Trinajstić information content (AvgIpc) is 3.55. The van der Waals surface area contributed by atoms with Crippen molar-refractivity contribution in [3.05, 3.63) is 80.9 Å². The minimum Gasteiger partial charge on any atom is -0.309 e. The van der Waals surface area contributed by atoms with Gasteiger partial charge in [0, 0.05) is 35.4 Å². The molecule has 1 aromatic carbocycles. The zero-order chi connectivity index (χ0) is 31.7. The predicted molar refractivity (Wildman–Crippen MR) is 175 cm³/mol. The predicted octanol–water partition coefficient (Wildman–Crippen LogP) is 5.86. The zero-order valence-electron chi connectivity index (χ0n) is 25.5. The Morgan fingerprint density at radius 3 is 2.36 bits per heavy atom. The second-order valence-electron chi connectivity index (χ2n) is 12.1. The zero-order valence-corrected chi connectivity index (χ0v) is 27.1. The number of sulfone groups is 1. The van der Waals surface area contributed by atoms with Gasteiger partial charge in [-0.25, -0.2) is 18.4 Å². The number of carbonyl (C=O) groups excluding carboxylic acids is 1. The van der Waals surface area contributed by atoms with Gasteiger partial charge in [0.2, 0.25) is 5.95 Å². The Morgan fingerprint density at radius 1 is 1.00 bits per heavy atom. The Labute approximate surface area is 267 Å². The number of Topliss-reactive ketones (excluding diaryl/α,β-unsaturated/α-hetero) is 1. The molecule has 0 amide bonds. The van der Waals surface area contributed by atoms with E-state index in [2.05, 4.69) is 26.3 Å². The number of likely N-dealkylation sites (tertiary alicyclic amines) is 1. The van der Waals surface area contributed by atoms with Crippen LogP contribution in [0, 0.1) is 6.92 Å². The van der Waals surface area contributed by atoms with Gasteiger partial charge >= 0.3 is 0 Å². The fourth-order valence-corrected chi connectivity index (χ4v) is 8.05. The molecule has 0 atom stereocenters. The number of carbonyl (C=O) groups is 1. The van der Waals surface area contributed by atoms with E-state index in [-0.39, 0.29) is 28.7 Å². The first kappa shape index (κ1) is 31.3. The number of aromatic nitrogens is 4. The van der Waals surface area contributed by atoms with Crippen molar-refractivity contribution in [2.75, 3.05) is 30.7 Å². The monoisotopic (exact) mass is 648 g/mol. The first-order valence-corrected chi connectivity index (χ1v) is 17.5. The van der Waals surface area contributed by atoms with Crippen molar-refractivity contribution < 1.29 is 13.2 Å². The quantitative estimate of drug-likeness (QED) is 0.222. The fourth-order valence-electron chi connectivity index (χ4n) is 6.64. The van der Waals surface area contributed by atoms with Gasteiger partial charge in [-0.2, -0.15) is 4.98 Å². The van der Waals surface area contributed by atoms with E-state index < -0.39 is 9.84 Å². The summed E-state index contributed by atoms with van der Waals surface area (Å²) in [6.07, 6.45) is 9.23. The first-order valence-electron chi connectivity index (χ1n) is 15.5. The molecule has 2 fully saturated rings. The third kappa shape index (κ3) is 6.66. The molecule has 4 heterocycles. The van der Waals surface area contributed by atoms with Crippen molar-refractivity contribution in [1.29, 1.82) is 0 Å². The number of halogens is 1. The van der Waals surface area contributed by atoms with Crippen molar-refractivity contribution in [3.63, 3.8) is 0 Å². The Bertz CT molecular complexity index is 1880. The fraction of sp³-hybridized carbons (Fsp3) is 0.424. The molecule has 1 saturated carbocycles. The molecule has 0 spiro atoms. The lowest BCUT2D eigenvalue weighted by molar-refractivity contribution is 0.101. The highest BCUT2D eigenvalue weighted by Gasteiger charge is 2.26. The molecule has 4 aromatic rings. The highest BCUT2D eigenvalue weighted by molar-refractivity contribution is 7.91. The summed E-state index contributed by atoms with van der Waals surface area (Å²) in [4.78, 5) is 42.2. The van der Waals surface area contributed by atoms with Crippen LogP contribution >= 0.6 is 11.6 Å². The van der Waals surface area contributed by atoms with Gasteiger partial charge in [-0.3, -0.25) is 14.2 Å². The van der Waals surface area contributed by atoms with Gasteiger partial charge in [0.15, 0.2) is 15.6 Å². The van der Waals surface area contributed by atoms with Crippen molar-refractivity contribution in [2.45, 2.75) is 69.2 Å². The lowest BCUT2D eigenvalue weighted by Crippen LogP contribution is -2.36. The molecule has 45 heavy (non-hydrogen) atoms. The molecule has 236 valence electrons. The molecule has 1 saturated heterocycles. The van der Waals surface area contributed by atoms with E-state index in [1.165, 1.54) is 6.92 Å². The van der Waals surface area contributed by atoms with E-state index in [0.717, 1.165) is 57.2 Å². The first-order chi connectivity index (χ1) is 21.6. The largest absolute Gasteiger partial charge is 0.309 e. The number of hydrogen-bond acceptors (Lipinski definition) is 9.